The predicted molar refractivity (Wildman–Crippen MR) is 133 cm³/mol. The molecule has 0 atom stereocenters. The van der Waals surface area contributed by atoms with Crippen molar-refractivity contribution in [2.45, 2.75) is 50.6 Å². The Balaban J connectivity index is 1.52. The lowest BCUT2D eigenvalue weighted by molar-refractivity contribution is -0.122. The minimum absolute atomic E-state index is 0.0157. The molecule has 0 unspecified atom stereocenters. The number of imidazole rings is 1. The van der Waals surface area contributed by atoms with Crippen LogP contribution in [0.15, 0.2) is 18.3 Å². The van der Waals surface area contributed by atoms with Gasteiger partial charge in [-0.1, -0.05) is 23.2 Å². The summed E-state index contributed by atoms with van der Waals surface area (Å²) in [4.78, 5) is 25.7. The maximum atomic E-state index is 13.7. The third kappa shape index (κ3) is 5.14. The molecule has 2 fully saturated rings. The highest BCUT2D eigenvalue weighted by molar-refractivity contribution is 6.39. The molecule has 1 aliphatic heterocycles. The molecule has 0 spiro atoms. The van der Waals surface area contributed by atoms with Gasteiger partial charge in [-0.2, -0.15) is 4.98 Å². The van der Waals surface area contributed by atoms with Gasteiger partial charge in [0, 0.05) is 31.2 Å². The van der Waals surface area contributed by atoms with Crippen molar-refractivity contribution in [2.75, 3.05) is 23.8 Å². The first-order chi connectivity index (χ1) is 16.9. The molecule has 3 aromatic rings. The summed E-state index contributed by atoms with van der Waals surface area (Å²) in [5, 5.41) is 6.86. The molecule has 9 nitrogen and oxygen atoms in total. The van der Waals surface area contributed by atoms with E-state index >= 15 is 0 Å². The van der Waals surface area contributed by atoms with Gasteiger partial charge in [-0.3, -0.25) is 9.36 Å². The fraction of sp³-hybridized carbons (Fsp3) is 0.478. The van der Waals surface area contributed by atoms with E-state index in [-0.39, 0.29) is 34.0 Å². The smallest absolute Gasteiger partial charge is 0.224 e. The number of hydrogen-bond donors (Lipinski definition) is 3. The zero-order chi connectivity index (χ0) is 24.5. The molecule has 12 heteroatoms. The van der Waals surface area contributed by atoms with E-state index in [9.17, 15) is 9.18 Å². The SMILES string of the molecule is NC(=O)C1CCC(n2c(Nc3c(Cl)cc(F)cc3Cl)nc3cnc(NC4CCOCC4)nc32)CC1. The number of carbonyl (C=O) groups is 1. The Morgan fingerprint density at radius 3 is 2.43 bits per heavy atom. The van der Waals surface area contributed by atoms with E-state index in [2.05, 4.69) is 15.6 Å². The summed E-state index contributed by atoms with van der Waals surface area (Å²) in [6.07, 6.45) is 6.24. The molecular weight excluding hydrogens is 496 g/mol. The van der Waals surface area contributed by atoms with Crippen LogP contribution < -0.4 is 16.4 Å². The van der Waals surface area contributed by atoms with Gasteiger partial charge in [-0.15, -0.1) is 0 Å². The molecule has 3 heterocycles. The van der Waals surface area contributed by atoms with Crippen LogP contribution in [0.25, 0.3) is 11.2 Å². The van der Waals surface area contributed by atoms with Gasteiger partial charge in [-0.05, 0) is 50.7 Å². The first-order valence-corrected chi connectivity index (χ1v) is 12.4. The van der Waals surface area contributed by atoms with Crippen LogP contribution in [0.3, 0.4) is 0 Å². The van der Waals surface area contributed by atoms with E-state index in [0.29, 0.717) is 54.8 Å². The number of aromatic nitrogens is 4. The number of ether oxygens (including phenoxy) is 1. The molecule has 186 valence electrons. The molecular formula is C23H26Cl2FN7O2. The van der Waals surface area contributed by atoms with Crippen LogP contribution in [0.1, 0.15) is 44.6 Å². The van der Waals surface area contributed by atoms with Gasteiger partial charge in [0.25, 0.3) is 0 Å². The molecule has 2 aliphatic rings. The van der Waals surface area contributed by atoms with Gasteiger partial charge in [0.15, 0.2) is 5.65 Å². The molecule has 4 N–H and O–H groups in total. The van der Waals surface area contributed by atoms with Gasteiger partial charge >= 0.3 is 0 Å². The van der Waals surface area contributed by atoms with Crippen LogP contribution in [-0.2, 0) is 9.53 Å². The summed E-state index contributed by atoms with van der Waals surface area (Å²) in [5.74, 6) is 0.0426. The fourth-order valence-electron chi connectivity index (χ4n) is 4.81. The van der Waals surface area contributed by atoms with Gasteiger partial charge < -0.3 is 21.1 Å². The van der Waals surface area contributed by atoms with E-state index in [4.69, 9.17) is 43.6 Å². The summed E-state index contributed by atoms with van der Waals surface area (Å²) in [6, 6.07) is 2.63. The van der Waals surface area contributed by atoms with Crippen molar-refractivity contribution < 1.29 is 13.9 Å². The zero-order valence-electron chi connectivity index (χ0n) is 18.9. The lowest BCUT2D eigenvalue weighted by atomic mass is 9.85. The van der Waals surface area contributed by atoms with Gasteiger partial charge in [0.2, 0.25) is 17.8 Å². The highest BCUT2D eigenvalue weighted by Gasteiger charge is 2.29. The quantitative estimate of drug-likeness (QED) is 0.425. The molecule has 1 aliphatic carbocycles. The number of primary amides is 1. The summed E-state index contributed by atoms with van der Waals surface area (Å²) < 4.78 is 21.2. The largest absolute Gasteiger partial charge is 0.381 e. The molecule has 1 saturated carbocycles. The topological polar surface area (TPSA) is 120 Å². The van der Waals surface area contributed by atoms with E-state index in [0.717, 1.165) is 25.7 Å². The van der Waals surface area contributed by atoms with Crippen LogP contribution in [0.5, 0.6) is 0 Å². The summed E-state index contributed by atoms with van der Waals surface area (Å²) in [7, 11) is 0. The van der Waals surface area contributed by atoms with Crippen LogP contribution >= 0.6 is 23.2 Å². The Hall–Kier alpha value is -2.69. The van der Waals surface area contributed by atoms with Crippen LogP contribution in [-0.4, -0.2) is 44.7 Å². The van der Waals surface area contributed by atoms with Crippen molar-refractivity contribution in [2.24, 2.45) is 11.7 Å². The lowest BCUT2D eigenvalue weighted by Crippen LogP contribution is -2.29. The number of anilines is 3. The predicted octanol–water partition coefficient (Wildman–Crippen LogP) is 4.82. The van der Waals surface area contributed by atoms with Crippen LogP contribution in [0.4, 0.5) is 22.0 Å². The second kappa shape index (κ2) is 10.1. The van der Waals surface area contributed by atoms with Crippen molar-refractivity contribution in [1.82, 2.24) is 19.5 Å². The number of nitrogens with zero attached hydrogens (tertiary/aromatic N) is 4. The molecule has 1 aromatic carbocycles. The average molecular weight is 522 g/mol. The first kappa shape index (κ1) is 24.0. The van der Waals surface area contributed by atoms with Crippen LogP contribution in [0.2, 0.25) is 10.0 Å². The Bertz CT molecular complexity index is 1220. The number of carbonyl (C=O) groups excluding carboxylic acids is 1. The van der Waals surface area contributed by atoms with Crippen LogP contribution in [0, 0.1) is 11.7 Å². The number of nitrogens with one attached hydrogen (secondary N) is 2. The highest BCUT2D eigenvalue weighted by atomic mass is 35.5. The number of fused-ring (bicyclic) bond motifs is 1. The van der Waals surface area contributed by atoms with Crippen molar-refractivity contribution >= 4 is 57.9 Å². The second-order valence-corrected chi connectivity index (χ2v) is 9.83. The highest BCUT2D eigenvalue weighted by Crippen LogP contribution is 2.39. The average Bonchev–Trinajstić information content (AvgIpc) is 3.19. The summed E-state index contributed by atoms with van der Waals surface area (Å²) >= 11 is 12.6. The van der Waals surface area contributed by atoms with Gasteiger partial charge in [-0.25, -0.2) is 14.4 Å². The van der Waals surface area contributed by atoms with E-state index in [1.54, 1.807) is 6.20 Å². The van der Waals surface area contributed by atoms with E-state index in [1.165, 1.54) is 12.1 Å². The van der Waals surface area contributed by atoms with Crippen molar-refractivity contribution in [1.29, 1.82) is 0 Å². The number of halogens is 3. The monoisotopic (exact) mass is 521 g/mol. The number of hydrogen-bond acceptors (Lipinski definition) is 7. The Morgan fingerprint density at radius 1 is 1.09 bits per heavy atom. The van der Waals surface area contributed by atoms with Gasteiger partial charge in [0.05, 0.1) is 21.9 Å². The fourth-order valence-corrected chi connectivity index (χ4v) is 5.37. The normalized spacial score (nSPS) is 21.2. The zero-order valence-corrected chi connectivity index (χ0v) is 20.4. The Kier molecular flexibility index (Phi) is 6.95. The molecule has 5 rings (SSSR count). The van der Waals surface area contributed by atoms with E-state index < -0.39 is 5.82 Å². The molecule has 0 radical (unpaired) electrons. The van der Waals surface area contributed by atoms with Crippen molar-refractivity contribution in [3.8, 4) is 0 Å². The maximum Gasteiger partial charge on any atom is 0.224 e. The number of benzene rings is 1. The molecule has 1 saturated heterocycles. The number of nitrogens with two attached hydrogens (primary N) is 1. The third-order valence-corrected chi connectivity index (χ3v) is 7.29. The van der Waals surface area contributed by atoms with Crippen molar-refractivity contribution in [3.05, 3.63) is 34.2 Å². The first-order valence-electron chi connectivity index (χ1n) is 11.7. The van der Waals surface area contributed by atoms with Crippen molar-refractivity contribution in [3.63, 3.8) is 0 Å². The standard InChI is InChI=1S/C23H26Cl2FN7O2/c24-16-9-13(26)10-17(25)19(16)31-23-30-18-11-28-22(29-14-5-7-35-8-6-14)32-21(18)33(23)15-3-1-12(2-4-15)20(27)34/h9-12,14-15H,1-8H2,(H2,27,34)(H,30,31)(H,28,29,32). The Labute approximate surface area is 211 Å². The second-order valence-electron chi connectivity index (χ2n) is 9.02. The van der Waals surface area contributed by atoms with E-state index in [1.807, 2.05) is 4.57 Å². The number of rotatable bonds is 6. The summed E-state index contributed by atoms with van der Waals surface area (Å²) in [5.41, 5.74) is 7.13. The molecule has 0 bridgehead atoms. The molecule has 35 heavy (non-hydrogen) atoms. The molecule has 2 aromatic heterocycles. The minimum Gasteiger partial charge on any atom is -0.381 e. The Morgan fingerprint density at radius 2 is 1.77 bits per heavy atom. The van der Waals surface area contributed by atoms with Gasteiger partial charge in [0.1, 0.15) is 11.3 Å². The third-order valence-electron chi connectivity index (χ3n) is 6.70. The molecule has 1 amide bonds. The lowest BCUT2D eigenvalue weighted by Gasteiger charge is -2.29. The minimum atomic E-state index is -0.529. The summed E-state index contributed by atoms with van der Waals surface area (Å²) in [6.45, 7) is 1.41. The maximum absolute atomic E-state index is 13.7. The number of amides is 1.